The lowest BCUT2D eigenvalue weighted by molar-refractivity contribution is 0.0764. The van der Waals surface area contributed by atoms with Crippen LogP contribution in [0.15, 0.2) is 60.7 Å². The largest absolute Gasteiger partial charge is 0.391 e. The molecule has 2 aromatic carbocycles. The molecule has 1 fully saturated rings. The molecule has 0 spiro atoms. The zero-order valence-electron chi connectivity index (χ0n) is 17.3. The van der Waals surface area contributed by atoms with Crippen molar-refractivity contribution in [1.29, 1.82) is 0 Å². The van der Waals surface area contributed by atoms with Crippen LogP contribution in [-0.2, 0) is 11.8 Å². The van der Waals surface area contributed by atoms with E-state index in [1.54, 1.807) is 4.90 Å². The number of rotatable bonds is 3. The predicted octanol–water partition coefficient (Wildman–Crippen LogP) is 4.21. The molecule has 0 aliphatic carbocycles. The van der Waals surface area contributed by atoms with Gasteiger partial charge in [-0.05, 0) is 41.7 Å². The molecule has 1 aliphatic heterocycles. The van der Waals surface area contributed by atoms with Gasteiger partial charge < -0.3 is 10.0 Å². The van der Waals surface area contributed by atoms with Gasteiger partial charge in [-0.3, -0.25) is 9.78 Å². The van der Waals surface area contributed by atoms with Crippen molar-refractivity contribution in [2.24, 2.45) is 5.92 Å². The Hall–Kier alpha value is -2.72. The molecule has 29 heavy (non-hydrogen) atoms. The summed E-state index contributed by atoms with van der Waals surface area (Å²) in [6.45, 7) is 7.40. The van der Waals surface area contributed by atoms with Crippen molar-refractivity contribution in [3.05, 3.63) is 77.5 Å². The molecular formula is C25H28N2O2. The van der Waals surface area contributed by atoms with Crippen LogP contribution in [0.2, 0.25) is 0 Å². The topological polar surface area (TPSA) is 53.4 Å². The molecule has 1 aliphatic rings. The van der Waals surface area contributed by atoms with E-state index in [0.717, 1.165) is 16.6 Å². The van der Waals surface area contributed by atoms with Gasteiger partial charge in [0, 0.05) is 35.7 Å². The number of hydrogen-bond donors (Lipinski definition) is 1. The van der Waals surface area contributed by atoms with Crippen molar-refractivity contribution < 1.29 is 9.90 Å². The number of benzene rings is 2. The Morgan fingerprint density at radius 1 is 1.03 bits per heavy atom. The summed E-state index contributed by atoms with van der Waals surface area (Å²) in [6.07, 6.45) is 0.139. The van der Waals surface area contributed by atoms with Crippen LogP contribution in [0.4, 0.5) is 0 Å². The maximum Gasteiger partial charge on any atom is 0.253 e. The average molecular weight is 389 g/mol. The lowest BCUT2D eigenvalue weighted by Crippen LogP contribution is -2.29. The van der Waals surface area contributed by atoms with Crippen LogP contribution >= 0.6 is 0 Å². The molecular weight excluding hydrogens is 360 g/mol. The van der Waals surface area contributed by atoms with E-state index in [2.05, 4.69) is 26.8 Å². The number of aromatic nitrogens is 1. The monoisotopic (exact) mass is 388 g/mol. The van der Waals surface area contributed by atoms with Gasteiger partial charge in [0.15, 0.2) is 0 Å². The Morgan fingerprint density at radius 3 is 2.48 bits per heavy atom. The summed E-state index contributed by atoms with van der Waals surface area (Å²) < 4.78 is 0. The van der Waals surface area contributed by atoms with Crippen LogP contribution in [0.1, 0.15) is 42.4 Å². The first kappa shape index (κ1) is 19.6. The van der Waals surface area contributed by atoms with Gasteiger partial charge in [-0.1, -0.05) is 57.2 Å². The van der Waals surface area contributed by atoms with E-state index in [4.69, 9.17) is 4.98 Å². The number of aliphatic hydroxyl groups excluding tert-OH is 1. The lowest BCUT2D eigenvalue weighted by atomic mass is 9.86. The summed E-state index contributed by atoms with van der Waals surface area (Å²) >= 11 is 0. The second kappa shape index (κ2) is 7.60. The minimum Gasteiger partial charge on any atom is -0.391 e. The molecule has 2 heterocycles. The molecule has 1 saturated heterocycles. The molecule has 150 valence electrons. The first-order chi connectivity index (χ1) is 13.8. The van der Waals surface area contributed by atoms with Gasteiger partial charge in [0.05, 0.1) is 11.6 Å². The number of β-amino-alcohol motifs (C(OH)–C–C–N with tert-alkyl or cyclic N) is 1. The quantitative estimate of drug-likeness (QED) is 0.731. The molecule has 1 aromatic heterocycles. The smallest absolute Gasteiger partial charge is 0.253 e. The number of pyridine rings is 1. The van der Waals surface area contributed by atoms with Crippen molar-refractivity contribution >= 4 is 16.8 Å². The number of carbonyl (C=O) groups is 1. The Bertz CT molecular complexity index is 1020. The van der Waals surface area contributed by atoms with Gasteiger partial charge in [0.25, 0.3) is 5.91 Å². The molecule has 4 heteroatoms. The molecule has 1 N–H and O–H groups in total. The maximum atomic E-state index is 12.9. The fourth-order valence-corrected chi connectivity index (χ4v) is 4.01. The number of para-hydroxylation sites is 1. The van der Waals surface area contributed by atoms with E-state index in [0.29, 0.717) is 25.1 Å². The molecule has 0 radical (unpaired) electrons. The van der Waals surface area contributed by atoms with E-state index in [1.165, 1.54) is 5.56 Å². The van der Waals surface area contributed by atoms with E-state index in [9.17, 15) is 9.90 Å². The van der Waals surface area contributed by atoms with Crippen molar-refractivity contribution in [2.75, 3.05) is 13.1 Å². The second-order valence-corrected chi connectivity index (χ2v) is 9.06. The van der Waals surface area contributed by atoms with E-state index >= 15 is 0 Å². The summed E-state index contributed by atoms with van der Waals surface area (Å²) in [7, 11) is 0. The summed E-state index contributed by atoms with van der Waals surface area (Å²) in [5.74, 6) is -0.0139. The molecule has 4 rings (SSSR count). The minimum atomic E-state index is -0.527. The fourth-order valence-electron chi connectivity index (χ4n) is 4.01. The van der Waals surface area contributed by atoms with Gasteiger partial charge in [-0.25, -0.2) is 0 Å². The van der Waals surface area contributed by atoms with Crippen LogP contribution in [0.3, 0.4) is 0 Å². The van der Waals surface area contributed by atoms with Gasteiger partial charge >= 0.3 is 0 Å². The van der Waals surface area contributed by atoms with Gasteiger partial charge in [-0.2, -0.15) is 0 Å². The highest BCUT2D eigenvalue weighted by atomic mass is 16.3. The molecule has 2 atom stereocenters. The van der Waals surface area contributed by atoms with Crippen molar-refractivity contribution in [3.63, 3.8) is 0 Å². The van der Waals surface area contributed by atoms with Crippen molar-refractivity contribution in [2.45, 2.75) is 38.7 Å². The molecule has 4 nitrogen and oxygen atoms in total. The Balaban J connectivity index is 1.45. The number of nitrogens with zero attached hydrogens (tertiary/aromatic N) is 2. The molecule has 0 unspecified atom stereocenters. The zero-order valence-corrected chi connectivity index (χ0v) is 17.3. The van der Waals surface area contributed by atoms with Crippen LogP contribution in [0.25, 0.3) is 10.9 Å². The van der Waals surface area contributed by atoms with Crippen molar-refractivity contribution in [1.82, 2.24) is 9.88 Å². The third kappa shape index (κ3) is 4.18. The molecule has 0 saturated carbocycles. The second-order valence-electron chi connectivity index (χ2n) is 9.06. The molecule has 1 amide bonds. The Kier molecular flexibility index (Phi) is 5.13. The van der Waals surface area contributed by atoms with Crippen LogP contribution in [0.5, 0.6) is 0 Å². The van der Waals surface area contributed by atoms with Gasteiger partial charge in [0.2, 0.25) is 0 Å². The number of fused-ring (bicyclic) bond motifs is 1. The van der Waals surface area contributed by atoms with Gasteiger partial charge in [-0.15, -0.1) is 0 Å². The van der Waals surface area contributed by atoms with Gasteiger partial charge in [0.1, 0.15) is 0 Å². The average Bonchev–Trinajstić information content (AvgIpc) is 3.07. The maximum absolute atomic E-state index is 12.9. The van der Waals surface area contributed by atoms with E-state index < -0.39 is 6.10 Å². The highest BCUT2D eigenvalue weighted by Crippen LogP contribution is 2.26. The summed E-state index contributed by atoms with van der Waals surface area (Å²) in [5, 5.41) is 11.7. The normalized spacial score (nSPS) is 19.7. The minimum absolute atomic E-state index is 0.00135. The Labute approximate surface area is 172 Å². The predicted molar refractivity (Wildman–Crippen MR) is 116 cm³/mol. The summed E-state index contributed by atoms with van der Waals surface area (Å²) in [6, 6.07) is 20.0. The third-order valence-corrected chi connectivity index (χ3v) is 5.82. The SMILES string of the molecule is CC(C)(C)c1ccc(C(=O)N2C[C@@H](Cc3ccc4ccccc4n3)[C@H](O)C2)cc1. The molecule has 0 bridgehead atoms. The summed E-state index contributed by atoms with van der Waals surface area (Å²) in [4.78, 5) is 19.4. The van der Waals surface area contributed by atoms with Crippen LogP contribution in [0, 0.1) is 5.92 Å². The molecule has 3 aromatic rings. The van der Waals surface area contributed by atoms with Crippen LogP contribution < -0.4 is 0 Å². The number of carbonyl (C=O) groups excluding carboxylic acids is 1. The fraction of sp³-hybridized carbons (Fsp3) is 0.360. The van der Waals surface area contributed by atoms with Crippen molar-refractivity contribution in [3.8, 4) is 0 Å². The van der Waals surface area contributed by atoms with E-state index in [-0.39, 0.29) is 17.2 Å². The highest BCUT2D eigenvalue weighted by molar-refractivity contribution is 5.94. The standard InChI is InChI=1S/C25H28N2O2/c1-25(2,3)20-11-8-18(9-12-20)24(29)27-15-19(23(28)16-27)14-21-13-10-17-6-4-5-7-22(17)26-21/h4-13,19,23,28H,14-16H2,1-3H3/t19-,23-/m1/s1. The lowest BCUT2D eigenvalue weighted by Gasteiger charge is -2.20. The first-order valence-corrected chi connectivity index (χ1v) is 10.2. The first-order valence-electron chi connectivity index (χ1n) is 10.2. The number of aliphatic hydroxyl groups is 1. The highest BCUT2D eigenvalue weighted by Gasteiger charge is 2.34. The summed E-state index contributed by atoms with van der Waals surface area (Å²) in [5.41, 5.74) is 3.86. The van der Waals surface area contributed by atoms with E-state index in [1.807, 2.05) is 54.6 Å². The number of hydrogen-bond acceptors (Lipinski definition) is 3. The Morgan fingerprint density at radius 2 is 1.76 bits per heavy atom. The number of amides is 1. The zero-order chi connectivity index (χ0) is 20.6. The number of likely N-dealkylation sites (tertiary alicyclic amines) is 1. The third-order valence-electron chi connectivity index (χ3n) is 5.82. The van der Waals surface area contributed by atoms with Crippen LogP contribution in [-0.4, -0.2) is 40.1 Å².